The van der Waals surface area contributed by atoms with Gasteiger partial charge in [0.15, 0.2) is 11.5 Å². The Morgan fingerprint density at radius 3 is 2.49 bits per heavy atom. The predicted molar refractivity (Wildman–Crippen MR) is 147 cm³/mol. The van der Waals surface area contributed by atoms with Crippen LogP contribution in [0.15, 0.2) is 65.7 Å². The van der Waals surface area contributed by atoms with Crippen LogP contribution in [0.5, 0.6) is 11.5 Å². The van der Waals surface area contributed by atoms with Crippen molar-refractivity contribution in [2.24, 2.45) is 4.99 Å². The standard InChI is InChI=1S/C29H29N5O5/c1-32-10-12-33(13-11-32)18-19-2-5-21(6-3-19)30-28(20-4-9-25-26(16-20)39-15-14-38-25)27-23-8-7-22(34(36)37)17-24(23)31-29(27)35/h2-9,16-17,27H,10-15,18H2,1H3,(H,31,35). The Hall–Kier alpha value is -4.28. The van der Waals surface area contributed by atoms with E-state index in [-0.39, 0.29) is 11.6 Å². The zero-order chi connectivity index (χ0) is 26.9. The first-order valence-electron chi connectivity index (χ1n) is 13.0. The van der Waals surface area contributed by atoms with Gasteiger partial charge in [0.1, 0.15) is 19.1 Å². The molecule has 0 saturated carbocycles. The number of carbonyl (C=O) groups excluding carboxylic acids is 1. The molecule has 6 rings (SSSR count). The lowest BCUT2D eigenvalue weighted by Crippen LogP contribution is -2.43. The number of non-ortho nitro benzene ring substituents is 1. The van der Waals surface area contributed by atoms with Crippen molar-refractivity contribution < 1.29 is 19.2 Å². The largest absolute Gasteiger partial charge is 0.486 e. The van der Waals surface area contributed by atoms with E-state index in [0.29, 0.717) is 52.9 Å². The number of ether oxygens (including phenoxy) is 2. The summed E-state index contributed by atoms with van der Waals surface area (Å²) in [7, 11) is 2.15. The van der Waals surface area contributed by atoms with E-state index in [4.69, 9.17) is 14.5 Å². The van der Waals surface area contributed by atoms with Crippen LogP contribution in [-0.2, 0) is 11.3 Å². The van der Waals surface area contributed by atoms with Crippen LogP contribution in [-0.4, -0.2) is 72.8 Å². The average Bonchev–Trinajstić information content (AvgIpc) is 3.28. The van der Waals surface area contributed by atoms with Gasteiger partial charge in [-0.1, -0.05) is 12.1 Å². The van der Waals surface area contributed by atoms with Gasteiger partial charge in [0.25, 0.3) is 5.69 Å². The minimum absolute atomic E-state index is 0.0801. The quantitative estimate of drug-likeness (QED) is 0.293. The summed E-state index contributed by atoms with van der Waals surface area (Å²) >= 11 is 0. The van der Waals surface area contributed by atoms with Crippen molar-refractivity contribution in [2.75, 3.05) is 51.8 Å². The highest BCUT2D eigenvalue weighted by molar-refractivity contribution is 6.24. The summed E-state index contributed by atoms with van der Waals surface area (Å²) in [4.78, 5) is 33.9. The lowest BCUT2D eigenvalue weighted by atomic mass is 9.90. The number of likely N-dealkylation sites (N-methyl/N-ethyl adjacent to an activating group) is 1. The van der Waals surface area contributed by atoms with Crippen molar-refractivity contribution in [1.29, 1.82) is 0 Å². The Morgan fingerprint density at radius 2 is 1.74 bits per heavy atom. The number of nitrogens with one attached hydrogen (secondary N) is 1. The first-order valence-corrected chi connectivity index (χ1v) is 13.0. The van der Waals surface area contributed by atoms with Crippen molar-refractivity contribution in [3.05, 3.63) is 87.5 Å². The van der Waals surface area contributed by atoms with Crippen LogP contribution in [0, 0.1) is 10.1 Å². The number of aliphatic imine (C=N–C) groups is 1. The van der Waals surface area contributed by atoms with Crippen LogP contribution >= 0.6 is 0 Å². The molecule has 0 aliphatic carbocycles. The van der Waals surface area contributed by atoms with Gasteiger partial charge < -0.3 is 19.7 Å². The fourth-order valence-electron chi connectivity index (χ4n) is 5.21. The second-order valence-electron chi connectivity index (χ2n) is 10.1. The second kappa shape index (κ2) is 10.5. The molecule has 3 aromatic rings. The molecule has 3 aromatic carbocycles. The molecule has 3 aliphatic rings. The maximum absolute atomic E-state index is 13.3. The highest BCUT2D eigenvalue weighted by Crippen LogP contribution is 2.40. The number of fused-ring (bicyclic) bond motifs is 2. The minimum Gasteiger partial charge on any atom is -0.486 e. The lowest BCUT2D eigenvalue weighted by Gasteiger charge is -2.32. The number of piperazine rings is 1. The number of hydrogen-bond donors (Lipinski definition) is 1. The minimum atomic E-state index is -0.742. The van der Waals surface area contributed by atoms with E-state index in [0.717, 1.165) is 32.7 Å². The fourth-order valence-corrected chi connectivity index (χ4v) is 5.21. The van der Waals surface area contributed by atoms with Crippen LogP contribution in [0.25, 0.3) is 0 Å². The van der Waals surface area contributed by atoms with E-state index in [1.165, 1.54) is 17.7 Å². The lowest BCUT2D eigenvalue weighted by molar-refractivity contribution is -0.384. The van der Waals surface area contributed by atoms with E-state index >= 15 is 0 Å². The number of carbonyl (C=O) groups is 1. The fraction of sp³-hybridized carbons (Fsp3) is 0.310. The van der Waals surface area contributed by atoms with E-state index < -0.39 is 10.8 Å². The van der Waals surface area contributed by atoms with Gasteiger partial charge in [0.05, 0.1) is 22.0 Å². The number of anilines is 1. The second-order valence-corrected chi connectivity index (χ2v) is 10.1. The maximum Gasteiger partial charge on any atom is 0.271 e. The van der Waals surface area contributed by atoms with Crippen LogP contribution < -0.4 is 14.8 Å². The SMILES string of the molecule is CN1CCN(Cc2ccc(N=C(c3ccc4c(c3)OCCO4)C3C(=O)Nc4cc([N+](=O)[O-])ccc43)cc2)CC1. The molecule has 1 atom stereocenters. The Morgan fingerprint density at radius 1 is 1.00 bits per heavy atom. The Bertz CT molecular complexity index is 1450. The van der Waals surface area contributed by atoms with Gasteiger partial charge in [-0.25, -0.2) is 0 Å². The van der Waals surface area contributed by atoms with Gasteiger partial charge in [-0.05, 0) is 54.6 Å². The molecule has 1 N–H and O–H groups in total. The third-order valence-corrected chi connectivity index (χ3v) is 7.38. The molecule has 1 amide bonds. The summed E-state index contributed by atoms with van der Waals surface area (Å²) < 4.78 is 11.5. The monoisotopic (exact) mass is 527 g/mol. The number of benzene rings is 3. The van der Waals surface area contributed by atoms with Crippen molar-refractivity contribution in [3.63, 3.8) is 0 Å². The average molecular weight is 528 g/mol. The van der Waals surface area contributed by atoms with Crippen LogP contribution in [0.4, 0.5) is 17.1 Å². The molecular weight excluding hydrogens is 498 g/mol. The summed E-state index contributed by atoms with van der Waals surface area (Å²) in [6.07, 6.45) is 0. The number of nitro groups is 1. The Balaban J connectivity index is 1.35. The molecule has 10 heteroatoms. The first-order chi connectivity index (χ1) is 18.9. The molecule has 0 aromatic heterocycles. The van der Waals surface area contributed by atoms with Gasteiger partial charge in [0.2, 0.25) is 5.91 Å². The molecule has 10 nitrogen and oxygen atoms in total. The van der Waals surface area contributed by atoms with Crippen LogP contribution in [0.1, 0.15) is 22.6 Å². The zero-order valence-electron chi connectivity index (χ0n) is 21.6. The molecule has 1 fully saturated rings. The van der Waals surface area contributed by atoms with Crippen molar-refractivity contribution >= 4 is 28.7 Å². The summed E-state index contributed by atoms with van der Waals surface area (Å²) in [6, 6.07) is 18.0. The van der Waals surface area contributed by atoms with E-state index in [2.05, 4.69) is 34.3 Å². The Labute approximate surface area is 226 Å². The predicted octanol–water partition coefficient (Wildman–Crippen LogP) is 3.97. The molecule has 39 heavy (non-hydrogen) atoms. The number of nitrogens with zero attached hydrogens (tertiary/aromatic N) is 4. The maximum atomic E-state index is 13.3. The third kappa shape index (κ3) is 5.21. The third-order valence-electron chi connectivity index (χ3n) is 7.38. The number of rotatable bonds is 6. The van der Waals surface area contributed by atoms with E-state index in [1.54, 1.807) is 6.07 Å². The van der Waals surface area contributed by atoms with Crippen LogP contribution in [0.2, 0.25) is 0 Å². The molecule has 0 radical (unpaired) electrons. The molecule has 1 saturated heterocycles. The van der Waals surface area contributed by atoms with E-state index in [9.17, 15) is 14.9 Å². The highest BCUT2D eigenvalue weighted by Gasteiger charge is 2.37. The summed E-state index contributed by atoms with van der Waals surface area (Å²) in [5, 5.41) is 14.1. The van der Waals surface area contributed by atoms with Gasteiger partial charge in [-0.15, -0.1) is 0 Å². The summed E-state index contributed by atoms with van der Waals surface area (Å²) in [6.45, 7) is 6.01. The van der Waals surface area contributed by atoms with Gasteiger partial charge in [-0.3, -0.25) is 24.8 Å². The molecule has 3 aliphatic heterocycles. The molecule has 0 spiro atoms. The topological polar surface area (TPSA) is 110 Å². The van der Waals surface area contributed by atoms with Crippen LogP contribution in [0.3, 0.4) is 0 Å². The molecule has 0 bridgehead atoms. The first kappa shape index (κ1) is 25.0. The molecular formula is C29H29N5O5. The number of hydrogen-bond acceptors (Lipinski definition) is 8. The van der Waals surface area contributed by atoms with Gasteiger partial charge in [0, 0.05) is 50.4 Å². The normalized spacial score (nSPS) is 19.5. The van der Waals surface area contributed by atoms with Crippen molar-refractivity contribution in [1.82, 2.24) is 9.80 Å². The van der Waals surface area contributed by atoms with Crippen molar-refractivity contribution in [3.8, 4) is 11.5 Å². The highest BCUT2D eigenvalue weighted by atomic mass is 16.6. The number of nitro benzene ring substituents is 1. The number of amides is 1. The smallest absolute Gasteiger partial charge is 0.271 e. The van der Waals surface area contributed by atoms with Gasteiger partial charge >= 0.3 is 0 Å². The Kier molecular flexibility index (Phi) is 6.72. The zero-order valence-corrected chi connectivity index (χ0v) is 21.6. The van der Waals surface area contributed by atoms with Gasteiger partial charge in [-0.2, -0.15) is 0 Å². The molecule has 200 valence electrons. The van der Waals surface area contributed by atoms with Crippen molar-refractivity contribution in [2.45, 2.75) is 12.5 Å². The summed E-state index contributed by atoms with van der Waals surface area (Å²) in [5.74, 6) is 0.208. The van der Waals surface area contributed by atoms with E-state index in [1.807, 2.05) is 30.3 Å². The summed E-state index contributed by atoms with van der Waals surface area (Å²) in [5.41, 5.74) is 4.15. The molecule has 3 heterocycles. The molecule has 1 unspecified atom stereocenters.